The molecule has 0 aromatic heterocycles. The zero-order chi connectivity index (χ0) is 14.5. The second kappa shape index (κ2) is 6.86. The number of benzene rings is 1. The van der Waals surface area contributed by atoms with Crippen molar-refractivity contribution in [3.63, 3.8) is 0 Å². The summed E-state index contributed by atoms with van der Waals surface area (Å²) in [6, 6.07) is 3.81. The minimum Gasteiger partial charge on any atom is -0.494 e. The topological polar surface area (TPSA) is 41.6 Å². The molecule has 1 heterocycles. The summed E-state index contributed by atoms with van der Waals surface area (Å²) >= 11 is 0. The molecule has 1 saturated heterocycles. The number of ketones is 1. The summed E-state index contributed by atoms with van der Waals surface area (Å²) in [4.78, 5) is 14.7. The van der Waals surface area contributed by atoms with Gasteiger partial charge in [0.15, 0.2) is 5.78 Å². The van der Waals surface area contributed by atoms with E-state index >= 15 is 0 Å². The van der Waals surface area contributed by atoms with Crippen molar-refractivity contribution in [2.45, 2.75) is 20.8 Å². The van der Waals surface area contributed by atoms with Crippen LogP contribution in [0.1, 0.15) is 28.4 Å². The Labute approximate surface area is 121 Å². The normalized spacial score (nSPS) is 16.1. The number of carbonyl (C=O) groups is 1. The molecular weight excluding hydrogens is 252 g/mol. The maximum absolute atomic E-state index is 12.5. The van der Waals surface area contributed by atoms with E-state index in [2.05, 4.69) is 10.2 Å². The van der Waals surface area contributed by atoms with Crippen LogP contribution in [0.5, 0.6) is 5.75 Å². The van der Waals surface area contributed by atoms with Gasteiger partial charge in [0.25, 0.3) is 0 Å². The monoisotopic (exact) mass is 276 g/mol. The Hall–Kier alpha value is -1.39. The van der Waals surface area contributed by atoms with Gasteiger partial charge >= 0.3 is 0 Å². The number of ether oxygens (including phenoxy) is 1. The first-order chi connectivity index (χ1) is 9.63. The predicted molar refractivity (Wildman–Crippen MR) is 80.7 cm³/mol. The summed E-state index contributed by atoms with van der Waals surface area (Å²) in [6.45, 7) is 11.0. The number of hydrogen-bond donors (Lipinski definition) is 1. The van der Waals surface area contributed by atoms with Gasteiger partial charge in [0.05, 0.1) is 13.2 Å². The first-order valence-corrected chi connectivity index (χ1v) is 7.32. The van der Waals surface area contributed by atoms with Crippen LogP contribution in [0, 0.1) is 13.8 Å². The van der Waals surface area contributed by atoms with Gasteiger partial charge in [0, 0.05) is 31.7 Å². The Bertz CT molecular complexity index is 480. The van der Waals surface area contributed by atoms with Gasteiger partial charge in [-0.05, 0) is 44.0 Å². The number of Topliss-reactive ketones (excluding diaryl/α,β-unsaturated/α-hetero) is 1. The molecule has 4 heteroatoms. The summed E-state index contributed by atoms with van der Waals surface area (Å²) in [5.41, 5.74) is 2.93. The molecule has 0 atom stereocenters. The third kappa shape index (κ3) is 3.38. The fourth-order valence-electron chi connectivity index (χ4n) is 2.57. The van der Waals surface area contributed by atoms with Crippen molar-refractivity contribution in [3.05, 3.63) is 28.8 Å². The lowest BCUT2D eigenvalue weighted by atomic mass is 9.99. The zero-order valence-corrected chi connectivity index (χ0v) is 12.7. The van der Waals surface area contributed by atoms with E-state index in [-0.39, 0.29) is 5.78 Å². The van der Waals surface area contributed by atoms with Crippen LogP contribution < -0.4 is 10.1 Å². The highest BCUT2D eigenvalue weighted by Crippen LogP contribution is 2.24. The van der Waals surface area contributed by atoms with E-state index in [1.165, 1.54) is 0 Å². The molecule has 0 saturated carbocycles. The second-order valence-corrected chi connectivity index (χ2v) is 5.24. The van der Waals surface area contributed by atoms with Gasteiger partial charge in [0.2, 0.25) is 0 Å². The van der Waals surface area contributed by atoms with Gasteiger partial charge in [0.1, 0.15) is 5.75 Å². The zero-order valence-electron chi connectivity index (χ0n) is 12.7. The van der Waals surface area contributed by atoms with Crippen LogP contribution in [0.2, 0.25) is 0 Å². The third-order valence-electron chi connectivity index (χ3n) is 3.91. The fourth-order valence-corrected chi connectivity index (χ4v) is 2.57. The molecule has 1 N–H and O–H groups in total. The molecule has 110 valence electrons. The van der Waals surface area contributed by atoms with Crippen LogP contribution >= 0.6 is 0 Å². The van der Waals surface area contributed by atoms with Crippen LogP contribution in [-0.4, -0.2) is 50.0 Å². The summed E-state index contributed by atoms with van der Waals surface area (Å²) in [7, 11) is 0. The molecule has 0 unspecified atom stereocenters. The van der Waals surface area contributed by atoms with Crippen molar-refractivity contribution in [1.82, 2.24) is 10.2 Å². The van der Waals surface area contributed by atoms with E-state index in [1.807, 2.05) is 32.9 Å². The van der Waals surface area contributed by atoms with Gasteiger partial charge in [-0.1, -0.05) is 0 Å². The van der Waals surface area contributed by atoms with E-state index in [0.717, 1.165) is 48.6 Å². The standard InChI is InChI=1S/C16H24N2O2/c1-4-20-16-6-5-14(12(2)13(16)3)15(19)11-18-9-7-17-8-10-18/h5-6,17H,4,7-11H2,1-3H3. The smallest absolute Gasteiger partial charge is 0.177 e. The number of nitrogens with zero attached hydrogens (tertiary/aromatic N) is 1. The quantitative estimate of drug-likeness (QED) is 0.833. The van der Waals surface area contributed by atoms with Crippen LogP contribution in [0.3, 0.4) is 0 Å². The van der Waals surface area contributed by atoms with E-state index < -0.39 is 0 Å². The molecule has 2 rings (SSSR count). The van der Waals surface area contributed by atoms with E-state index in [0.29, 0.717) is 13.2 Å². The van der Waals surface area contributed by atoms with Crippen molar-refractivity contribution in [2.24, 2.45) is 0 Å². The molecule has 20 heavy (non-hydrogen) atoms. The predicted octanol–water partition coefficient (Wildman–Crippen LogP) is 1.79. The van der Waals surface area contributed by atoms with Crippen molar-refractivity contribution < 1.29 is 9.53 Å². The van der Waals surface area contributed by atoms with Crippen LogP contribution in [0.4, 0.5) is 0 Å². The summed E-state index contributed by atoms with van der Waals surface area (Å²) in [6.07, 6.45) is 0. The van der Waals surface area contributed by atoms with Crippen LogP contribution in [0.25, 0.3) is 0 Å². The molecule has 1 aromatic carbocycles. The Balaban J connectivity index is 2.11. The molecule has 1 aliphatic heterocycles. The Morgan fingerprint density at radius 2 is 1.95 bits per heavy atom. The van der Waals surface area contributed by atoms with Crippen molar-refractivity contribution in [2.75, 3.05) is 39.3 Å². The molecular formula is C16H24N2O2. The number of piperazine rings is 1. The Kier molecular flexibility index (Phi) is 5.15. The highest BCUT2D eigenvalue weighted by atomic mass is 16.5. The van der Waals surface area contributed by atoms with Crippen molar-refractivity contribution in [3.8, 4) is 5.75 Å². The Morgan fingerprint density at radius 1 is 1.25 bits per heavy atom. The number of rotatable bonds is 5. The van der Waals surface area contributed by atoms with E-state index in [9.17, 15) is 4.79 Å². The molecule has 4 nitrogen and oxygen atoms in total. The molecule has 0 aliphatic carbocycles. The molecule has 1 aromatic rings. The van der Waals surface area contributed by atoms with Gasteiger partial charge in [-0.25, -0.2) is 0 Å². The SMILES string of the molecule is CCOc1ccc(C(=O)CN2CCNCC2)c(C)c1C. The second-order valence-electron chi connectivity index (χ2n) is 5.24. The number of hydrogen-bond acceptors (Lipinski definition) is 4. The lowest BCUT2D eigenvalue weighted by Gasteiger charge is -2.26. The highest BCUT2D eigenvalue weighted by Gasteiger charge is 2.18. The summed E-state index contributed by atoms with van der Waals surface area (Å²) < 4.78 is 5.57. The average Bonchev–Trinajstić information content (AvgIpc) is 2.45. The van der Waals surface area contributed by atoms with Gasteiger partial charge in [-0.2, -0.15) is 0 Å². The summed E-state index contributed by atoms with van der Waals surface area (Å²) in [5, 5.41) is 3.30. The van der Waals surface area contributed by atoms with Gasteiger partial charge in [-0.3, -0.25) is 9.69 Å². The van der Waals surface area contributed by atoms with Gasteiger partial charge in [-0.15, -0.1) is 0 Å². The average molecular weight is 276 g/mol. The molecule has 1 fully saturated rings. The van der Waals surface area contributed by atoms with Crippen molar-refractivity contribution in [1.29, 1.82) is 0 Å². The maximum atomic E-state index is 12.5. The largest absolute Gasteiger partial charge is 0.494 e. The summed E-state index contributed by atoms with van der Waals surface area (Å²) in [5.74, 6) is 1.08. The maximum Gasteiger partial charge on any atom is 0.177 e. The number of carbonyl (C=O) groups excluding carboxylic acids is 1. The lowest BCUT2D eigenvalue weighted by Crippen LogP contribution is -2.45. The van der Waals surface area contributed by atoms with E-state index in [4.69, 9.17) is 4.74 Å². The fraction of sp³-hybridized carbons (Fsp3) is 0.562. The molecule has 0 spiro atoms. The van der Waals surface area contributed by atoms with Crippen LogP contribution in [0.15, 0.2) is 12.1 Å². The lowest BCUT2D eigenvalue weighted by molar-refractivity contribution is 0.0921. The first-order valence-electron chi connectivity index (χ1n) is 7.32. The van der Waals surface area contributed by atoms with Crippen LogP contribution in [-0.2, 0) is 0 Å². The Morgan fingerprint density at radius 3 is 2.60 bits per heavy atom. The number of nitrogens with one attached hydrogen (secondary N) is 1. The first kappa shape index (κ1) is 15.0. The third-order valence-corrected chi connectivity index (χ3v) is 3.91. The molecule has 0 radical (unpaired) electrons. The van der Waals surface area contributed by atoms with Gasteiger partial charge < -0.3 is 10.1 Å². The molecule has 0 amide bonds. The molecule has 0 bridgehead atoms. The molecule has 1 aliphatic rings. The minimum atomic E-state index is 0.204. The van der Waals surface area contributed by atoms with E-state index in [1.54, 1.807) is 0 Å². The highest BCUT2D eigenvalue weighted by molar-refractivity contribution is 5.99. The minimum absolute atomic E-state index is 0.204. The van der Waals surface area contributed by atoms with Crippen molar-refractivity contribution >= 4 is 5.78 Å².